The van der Waals surface area contributed by atoms with Gasteiger partial charge in [-0.05, 0) is 48.2 Å². The van der Waals surface area contributed by atoms with Crippen LogP contribution in [0.2, 0.25) is 0 Å². The van der Waals surface area contributed by atoms with Crippen LogP contribution in [0.25, 0.3) is 0 Å². The van der Waals surface area contributed by atoms with Crippen molar-refractivity contribution in [1.29, 1.82) is 0 Å². The van der Waals surface area contributed by atoms with Gasteiger partial charge in [0.25, 0.3) is 0 Å². The molecular weight excluding hydrogens is 316 g/mol. The van der Waals surface area contributed by atoms with Crippen molar-refractivity contribution >= 4 is 0 Å². The highest BCUT2D eigenvalue weighted by Gasteiger charge is 2.16. The molecule has 2 aromatic rings. The zero-order chi connectivity index (χ0) is 18.2. The molecule has 2 rings (SSSR count). The summed E-state index contributed by atoms with van der Waals surface area (Å²) in [7, 11) is 4.80. The number of hydrogen-bond acceptors (Lipinski definition) is 4. The minimum absolute atomic E-state index is 0.535. The van der Waals surface area contributed by atoms with E-state index in [9.17, 15) is 0 Å². The summed E-state index contributed by atoms with van der Waals surface area (Å²) >= 11 is 0. The Morgan fingerprint density at radius 2 is 1.32 bits per heavy atom. The molecule has 0 fully saturated rings. The van der Waals surface area contributed by atoms with Crippen molar-refractivity contribution in [2.45, 2.75) is 12.8 Å². The number of methoxy groups -OCH3 is 3. The first-order valence-corrected chi connectivity index (χ1v) is 7.98. The lowest BCUT2D eigenvalue weighted by Gasteiger charge is -2.17. The molecule has 25 heavy (non-hydrogen) atoms. The maximum Gasteiger partial charge on any atom is 0.203 e. The third kappa shape index (κ3) is 4.35. The van der Waals surface area contributed by atoms with Crippen molar-refractivity contribution in [2.75, 3.05) is 21.3 Å². The van der Waals surface area contributed by atoms with Crippen LogP contribution in [0.4, 0.5) is 0 Å². The average Bonchev–Trinajstić information content (AvgIpc) is 2.63. The van der Waals surface area contributed by atoms with E-state index >= 15 is 0 Å². The lowest BCUT2D eigenvalue weighted by Crippen LogP contribution is -1.98. The molecular formula is C21H24O4. The van der Waals surface area contributed by atoms with E-state index in [1.165, 1.54) is 0 Å². The van der Waals surface area contributed by atoms with Crippen LogP contribution >= 0.6 is 0 Å². The molecule has 0 N–H and O–H groups in total. The second-order valence-electron chi connectivity index (χ2n) is 5.40. The van der Waals surface area contributed by atoms with Gasteiger partial charge in [0.2, 0.25) is 5.75 Å². The first-order chi connectivity index (χ1) is 12.2. The monoisotopic (exact) mass is 340 g/mol. The minimum Gasteiger partial charge on any atom is -0.493 e. The van der Waals surface area contributed by atoms with E-state index < -0.39 is 0 Å². The van der Waals surface area contributed by atoms with Crippen LogP contribution in [-0.4, -0.2) is 21.3 Å². The van der Waals surface area contributed by atoms with Gasteiger partial charge in [0.05, 0.1) is 21.3 Å². The van der Waals surface area contributed by atoms with Crippen molar-refractivity contribution in [3.63, 3.8) is 0 Å². The Morgan fingerprint density at radius 1 is 0.720 bits per heavy atom. The van der Waals surface area contributed by atoms with E-state index in [-0.39, 0.29) is 0 Å². The van der Waals surface area contributed by atoms with Gasteiger partial charge in [0.15, 0.2) is 23.0 Å². The fourth-order valence-electron chi connectivity index (χ4n) is 2.55. The molecule has 0 aliphatic rings. The summed E-state index contributed by atoms with van der Waals surface area (Å²) in [5.41, 5.74) is 2.12. The highest BCUT2D eigenvalue weighted by molar-refractivity contribution is 5.56. The first-order valence-electron chi connectivity index (χ1n) is 7.98. The van der Waals surface area contributed by atoms with E-state index in [0.717, 1.165) is 17.5 Å². The molecule has 0 aliphatic carbocycles. The van der Waals surface area contributed by atoms with Crippen molar-refractivity contribution in [3.8, 4) is 28.7 Å². The van der Waals surface area contributed by atoms with Gasteiger partial charge < -0.3 is 18.9 Å². The maximum absolute atomic E-state index is 6.09. The number of ether oxygens (including phenoxy) is 4. The zero-order valence-corrected chi connectivity index (χ0v) is 15.0. The zero-order valence-electron chi connectivity index (χ0n) is 15.0. The first kappa shape index (κ1) is 18.5. The summed E-state index contributed by atoms with van der Waals surface area (Å²) < 4.78 is 22.5. The number of benzene rings is 2. The fraction of sp³-hybridized carbons (Fsp3) is 0.238. The molecule has 0 spiro atoms. The summed E-state index contributed by atoms with van der Waals surface area (Å²) in [5, 5.41) is 0. The normalized spacial score (nSPS) is 10.0. The Bertz CT molecular complexity index is 750. The Balaban J connectivity index is 2.46. The van der Waals surface area contributed by atoms with Gasteiger partial charge in [-0.15, -0.1) is 13.2 Å². The molecule has 4 nitrogen and oxygen atoms in total. The van der Waals surface area contributed by atoms with Gasteiger partial charge in [-0.3, -0.25) is 0 Å². The lowest BCUT2D eigenvalue weighted by atomic mass is 10.1. The van der Waals surface area contributed by atoms with Gasteiger partial charge >= 0.3 is 0 Å². The van der Waals surface area contributed by atoms with Crippen molar-refractivity contribution in [2.24, 2.45) is 0 Å². The molecule has 0 atom stereocenters. The van der Waals surface area contributed by atoms with Gasteiger partial charge in [-0.2, -0.15) is 0 Å². The molecule has 0 unspecified atom stereocenters. The van der Waals surface area contributed by atoms with E-state index in [1.54, 1.807) is 21.3 Å². The molecule has 4 heteroatoms. The summed E-state index contributed by atoms with van der Waals surface area (Å²) in [6.45, 7) is 7.54. The van der Waals surface area contributed by atoms with Crippen molar-refractivity contribution in [1.82, 2.24) is 0 Å². The highest BCUT2D eigenvalue weighted by Crippen LogP contribution is 2.43. The van der Waals surface area contributed by atoms with Crippen LogP contribution in [0.3, 0.4) is 0 Å². The average molecular weight is 340 g/mol. The van der Waals surface area contributed by atoms with Crippen LogP contribution in [0.5, 0.6) is 28.7 Å². The van der Waals surface area contributed by atoms with Gasteiger partial charge in [0.1, 0.15) is 0 Å². The van der Waals surface area contributed by atoms with Gasteiger partial charge in [0, 0.05) is 0 Å². The van der Waals surface area contributed by atoms with Crippen LogP contribution < -0.4 is 18.9 Å². The molecule has 0 heterocycles. The predicted molar refractivity (Wildman–Crippen MR) is 100 cm³/mol. The second-order valence-corrected chi connectivity index (χ2v) is 5.40. The summed E-state index contributed by atoms with van der Waals surface area (Å²) in [6, 6.07) is 9.63. The number of allylic oxidation sites excluding steroid dienone is 2. The fourth-order valence-corrected chi connectivity index (χ4v) is 2.55. The molecule has 0 aliphatic heterocycles. The molecule has 0 saturated carbocycles. The SMILES string of the molecule is C=CCc1ccc(Oc2cc(CC=C)cc(OC)c2OC)c(OC)c1. The second kappa shape index (κ2) is 8.83. The summed E-state index contributed by atoms with van der Waals surface area (Å²) in [5.74, 6) is 2.96. The van der Waals surface area contributed by atoms with E-state index in [4.69, 9.17) is 18.9 Å². The lowest BCUT2D eigenvalue weighted by molar-refractivity contribution is 0.329. The molecule has 0 radical (unpaired) electrons. The molecule has 0 bridgehead atoms. The predicted octanol–water partition coefficient (Wildman–Crippen LogP) is 4.96. The van der Waals surface area contributed by atoms with E-state index in [1.807, 2.05) is 42.5 Å². The largest absolute Gasteiger partial charge is 0.493 e. The third-order valence-corrected chi connectivity index (χ3v) is 3.71. The van der Waals surface area contributed by atoms with Gasteiger partial charge in [-0.25, -0.2) is 0 Å². The van der Waals surface area contributed by atoms with Crippen LogP contribution in [-0.2, 0) is 12.8 Å². The smallest absolute Gasteiger partial charge is 0.203 e. The molecule has 0 amide bonds. The van der Waals surface area contributed by atoms with Gasteiger partial charge in [-0.1, -0.05) is 18.2 Å². The molecule has 132 valence electrons. The Labute approximate surface area is 149 Å². The Hall–Kier alpha value is -2.88. The number of rotatable bonds is 9. The van der Waals surface area contributed by atoms with Crippen LogP contribution in [0.15, 0.2) is 55.6 Å². The molecule has 0 aromatic heterocycles. The number of hydrogen-bond donors (Lipinski definition) is 0. The highest BCUT2D eigenvalue weighted by atomic mass is 16.5. The molecule has 0 saturated heterocycles. The van der Waals surface area contributed by atoms with Crippen molar-refractivity contribution < 1.29 is 18.9 Å². The van der Waals surface area contributed by atoms with E-state index in [0.29, 0.717) is 35.2 Å². The standard InChI is InChI=1S/C21H24O4/c1-6-8-15-10-11-17(18(12-15)22-3)25-20-14-16(9-7-2)13-19(23-4)21(20)24-5/h6-7,10-14H,1-2,8-9H2,3-5H3. The van der Waals surface area contributed by atoms with Crippen LogP contribution in [0.1, 0.15) is 11.1 Å². The summed E-state index contributed by atoms with van der Waals surface area (Å²) in [4.78, 5) is 0. The Kier molecular flexibility index (Phi) is 6.52. The summed E-state index contributed by atoms with van der Waals surface area (Å²) in [6.07, 6.45) is 5.15. The van der Waals surface area contributed by atoms with E-state index in [2.05, 4.69) is 13.2 Å². The third-order valence-electron chi connectivity index (χ3n) is 3.71. The Morgan fingerprint density at radius 3 is 1.92 bits per heavy atom. The minimum atomic E-state index is 0.535. The maximum atomic E-state index is 6.09. The molecule has 2 aromatic carbocycles. The topological polar surface area (TPSA) is 36.9 Å². The van der Waals surface area contributed by atoms with Crippen molar-refractivity contribution in [3.05, 3.63) is 66.8 Å². The quantitative estimate of drug-likeness (QED) is 0.605. The van der Waals surface area contributed by atoms with Crippen LogP contribution in [0, 0.1) is 0 Å².